The van der Waals surface area contributed by atoms with E-state index < -0.39 is 0 Å². The Hall–Kier alpha value is -2.14. The van der Waals surface area contributed by atoms with Gasteiger partial charge in [0, 0.05) is 6.20 Å². The molecule has 2 N–H and O–H groups in total. The number of benzene rings is 1. The number of H-pyrrole nitrogens is 2. The van der Waals surface area contributed by atoms with Crippen molar-refractivity contribution in [3.05, 3.63) is 58.0 Å². The summed E-state index contributed by atoms with van der Waals surface area (Å²) in [6.45, 7) is 0. The van der Waals surface area contributed by atoms with Crippen LogP contribution in [0, 0.1) is 0 Å². The lowest BCUT2D eigenvalue weighted by atomic mass is 10.3. The standard InChI is InChI=1S/C13H11ClN4O/c14-6-8-7-15-11(18-13(8)19)5-12-16-9-3-1-2-4-10(9)17-12/h1-4,7H,5-6H2,(H,16,17)(H,15,18,19). The molecule has 5 nitrogen and oxygen atoms in total. The second-order valence-corrected chi connectivity index (χ2v) is 4.46. The summed E-state index contributed by atoms with van der Waals surface area (Å²) in [5, 5.41) is 0. The molecule has 0 amide bonds. The zero-order valence-electron chi connectivity index (χ0n) is 9.98. The highest BCUT2D eigenvalue weighted by Crippen LogP contribution is 2.11. The van der Waals surface area contributed by atoms with E-state index in [1.165, 1.54) is 6.20 Å². The van der Waals surface area contributed by atoms with Crippen LogP contribution in [0.15, 0.2) is 35.3 Å². The second kappa shape index (κ2) is 4.85. The van der Waals surface area contributed by atoms with E-state index in [0.717, 1.165) is 16.9 Å². The number of rotatable bonds is 3. The van der Waals surface area contributed by atoms with E-state index in [4.69, 9.17) is 11.6 Å². The fraction of sp³-hybridized carbons (Fsp3) is 0.154. The molecule has 0 spiro atoms. The molecule has 0 atom stereocenters. The molecule has 0 aliphatic carbocycles. The molecular formula is C13H11ClN4O. The number of nitrogens with one attached hydrogen (secondary N) is 2. The molecule has 3 rings (SSSR count). The number of nitrogens with zero attached hydrogens (tertiary/aromatic N) is 2. The first-order valence-electron chi connectivity index (χ1n) is 5.83. The van der Waals surface area contributed by atoms with Crippen molar-refractivity contribution in [1.82, 2.24) is 19.9 Å². The summed E-state index contributed by atoms with van der Waals surface area (Å²) in [5.74, 6) is 1.49. The van der Waals surface area contributed by atoms with E-state index in [0.29, 0.717) is 17.8 Å². The minimum absolute atomic E-state index is 0.160. The van der Waals surface area contributed by atoms with Gasteiger partial charge in [-0.15, -0.1) is 11.6 Å². The van der Waals surface area contributed by atoms with Crippen LogP contribution in [0.5, 0.6) is 0 Å². The Labute approximate surface area is 113 Å². The van der Waals surface area contributed by atoms with E-state index in [2.05, 4.69) is 19.9 Å². The van der Waals surface area contributed by atoms with Gasteiger partial charge in [0.2, 0.25) is 0 Å². The summed E-state index contributed by atoms with van der Waals surface area (Å²) in [7, 11) is 0. The minimum Gasteiger partial charge on any atom is -0.342 e. The largest absolute Gasteiger partial charge is 0.342 e. The van der Waals surface area contributed by atoms with Crippen molar-refractivity contribution >= 4 is 22.6 Å². The van der Waals surface area contributed by atoms with E-state index in [1.54, 1.807) is 0 Å². The van der Waals surface area contributed by atoms with Gasteiger partial charge in [0.05, 0.1) is 28.9 Å². The average molecular weight is 275 g/mol. The van der Waals surface area contributed by atoms with Gasteiger partial charge in [0.25, 0.3) is 5.56 Å². The van der Waals surface area contributed by atoms with Crippen LogP contribution in [-0.2, 0) is 12.3 Å². The predicted molar refractivity (Wildman–Crippen MR) is 73.3 cm³/mol. The lowest BCUT2D eigenvalue weighted by Gasteiger charge is -1.99. The summed E-state index contributed by atoms with van der Waals surface area (Å²) in [6.07, 6.45) is 1.95. The van der Waals surface area contributed by atoms with Crippen LogP contribution in [-0.4, -0.2) is 19.9 Å². The minimum atomic E-state index is -0.198. The fourth-order valence-corrected chi connectivity index (χ4v) is 2.08. The van der Waals surface area contributed by atoms with E-state index in [-0.39, 0.29) is 11.4 Å². The Balaban J connectivity index is 1.92. The highest BCUT2D eigenvalue weighted by atomic mass is 35.5. The number of alkyl halides is 1. The first-order chi connectivity index (χ1) is 9.26. The summed E-state index contributed by atoms with van der Waals surface area (Å²) >= 11 is 5.62. The quantitative estimate of drug-likeness (QED) is 0.717. The van der Waals surface area contributed by atoms with Crippen LogP contribution in [0.4, 0.5) is 0 Å². The topological polar surface area (TPSA) is 74.4 Å². The molecule has 0 unspecified atom stereocenters. The van der Waals surface area contributed by atoms with Gasteiger partial charge in [0.15, 0.2) is 0 Å². The molecule has 2 aromatic heterocycles. The van der Waals surface area contributed by atoms with Gasteiger partial charge in [-0.2, -0.15) is 0 Å². The summed E-state index contributed by atoms with van der Waals surface area (Å²) < 4.78 is 0. The van der Waals surface area contributed by atoms with Gasteiger partial charge in [-0.05, 0) is 12.1 Å². The Morgan fingerprint density at radius 1 is 1.16 bits per heavy atom. The zero-order chi connectivity index (χ0) is 13.2. The number of imidazole rings is 1. The van der Waals surface area contributed by atoms with Gasteiger partial charge >= 0.3 is 0 Å². The summed E-state index contributed by atoms with van der Waals surface area (Å²) in [5.41, 5.74) is 2.14. The molecule has 0 radical (unpaired) electrons. The maximum absolute atomic E-state index is 11.6. The Morgan fingerprint density at radius 3 is 2.74 bits per heavy atom. The number of halogens is 1. The van der Waals surface area contributed by atoms with E-state index in [9.17, 15) is 4.79 Å². The first-order valence-corrected chi connectivity index (χ1v) is 6.36. The third-order valence-electron chi connectivity index (χ3n) is 2.84. The van der Waals surface area contributed by atoms with Gasteiger partial charge in [-0.3, -0.25) is 4.79 Å². The van der Waals surface area contributed by atoms with E-state index in [1.807, 2.05) is 24.3 Å². The molecule has 96 valence electrons. The maximum atomic E-state index is 11.6. The zero-order valence-corrected chi connectivity index (χ0v) is 10.7. The normalized spacial score (nSPS) is 11.0. The lowest BCUT2D eigenvalue weighted by molar-refractivity contribution is 0.890. The maximum Gasteiger partial charge on any atom is 0.255 e. The van der Waals surface area contributed by atoms with Crippen LogP contribution in [0.1, 0.15) is 17.2 Å². The highest BCUT2D eigenvalue weighted by Gasteiger charge is 2.06. The summed E-state index contributed by atoms with van der Waals surface area (Å²) in [4.78, 5) is 26.1. The van der Waals surface area contributed by atoms with Crippen LogP contribution < -0.4 is 5.56 Å². The Kier molecular flexibility index (Phi) is 3.05. The SMILES string of the molecule is O=c1[nH]c(Cc2nc3ccccc3[nH]2)ncc1CCl. The van der Waals surface area contributed by atoms with Gasteiger partial charge < -0.3 is 9.97 Å². The smallest absolute Gasteiger partial charge is 0.255 e. The molecule has 3 aromatic rings. The Bertz CT molecular complexity index is 744. The molecular weight excluding hydrogens is 264 g/mol. The molecule has 1 aromatic carbocycles. The highest BCUT2D eigenvalue weighted by molar-refractivity contribution is 6.17. The molecule has 0 saturated heterocycles. The summed E-state index contributed by atoms with van der Waals surface area (Å²) in [6, 6.07) is 7.77. The van der Waals surface area contributed by atoms with Gasteiger partial charge in [-0.1, -0.05) is 12.1 Å². The molecule has 19 heavy (non-hydrogen) atoms. The third-order valence-corrected chi connectivity index (χ3v) is 3.13. The number of aromatic nitrogens is 4. The van der Waals surface area contributed by atoms with Crippen LogP contribution in [0.3, 0.4) is 0 Å². The van der Waals surface area contributed by atoms with Crippen molar-refractivity contribution in [3.8, 4) is 0 Å². The lowest BCUT2D eigenvalue weighted by Crippen LogP contribution is -2.15. The number of para-hydroxylation sites is 2. The fourth-order valence-electron chi connectivity index (χ4n) is 1.89. The molecule has 0 aliphatic rings. The first kappa shape index (κ1) is 11.9. The number of hydrogen-bond donors (Lipinski definition) is 2. The van der Waals surface area contributed by atoms with Gasteiger partial charge in [-0.25, -0.2) is 9.97 Å². The molecule has 0 bridgehead atoms. The third kappa shape index (κ3) is 2.37. The van der Waals surface area contributed by atoms with Crippen molar-refractivity contribution < 1.29 is 0 Å². The van der Waals surface area contributed by atoms with Gasteiger partial charge in [0.1, 0.15) is 11.6 Å². The molecule has 0 saturated carbocycles. The Morgan fingerprint density at radius 2 is 2.00 bits per heavy atom. The average Bonchev–Trinajstić information content (AvgIpc) is 2.81. The number of hydrogen-bond acceptors (Lipinski definition) is 3. The van der Waals surface area contributed by atoms with Crippen LogP contribution in [0.2, 0.25) is 0 Å². The van der Waals surface area contributed by atoms with Crippen molar-refractivity contribution in [2.45, 2.75) is 12.3 Å². The predicted octanol–water partition coefficient (Wildman–Crippen LogP) is 1.98. The van der Waals surface area contributed by atoms with Crippen molar-refractivity contribution in [1.29, 1.82) is 0 Å². The van der Waals surface area contributed by atoms with Crippen molar-refractivity contribution in [3.63, 3.8) is 0 Å². The number of fused-ring (bicyclic) bond motifs is 1. The van der Waals surface area contributed by atoms with E-state index >= 15 is 0 Å². The van der Waals surface area contributed by atoms with Crippen LogP contribution in [0.25, 0.3) is 11.0 Å². The molecule has 2 heterocycles. The monoisotopic (exact) mass is 274 g/mol. The van der Waals surface area contributed by atoms with Crippen molar-refractivity contribution in [2.24, 2.45) is 0 Å². The van der Waals surface area contributed by atoms with Crippen LogP contribution >= 0.6 is 11.6 Å². The second-order valence-electron chi connectivity index (χ2n) is 4.20. The molecule has 0 fully saturated rings. The molecule has 0 aliphatic heterocycles. The number of aromatic amines is 2. The van der Waals surface area contributed by atoms with Crippen molar-refractivity contribution in [2.75, 3.05) is 0 Å². The molecule has 6 heteroatoms.